The minimum atomic E-state index is -0.230. The van der Waals surface area contributed by atoms with Crippen LogP contribution in [0.1, 0.15) is 19.8 Å². The van der Waals surface area contributed by atoms with Crippen LogP contribution in [0.2, 0.25) is 0 Å². The lowest BCUT2D eigenvalue weighted by Crippen LogP contribution is -2.54. The van der Waals surface area contributed by atoms with Crippen molar-refractivity contribution >= 4 is 11.9 Å². The Morgan fingerprint density at radius 1 is 1.04 bits per heavy atom. The summed E-state index contributed by atoms with van der Waals surface area (Å²) in [7, 11) is 2.78. The number of carbonyl (C=O) groups is 2. The maximum atomic E-state index is 11.4. The van der Waals surface area contributed by atoms with Crippen molar-refractivity contribution in [1.29, 1.82) is 0 Å². The van der Waals surface area contributed by atoms with Gasteiger partial charge in [0, 0.05) is 64.9 Å². The van der Waals surface area contributed by atoms with Gasteiger partial charge in [0.25, 0.3) is 0 Å². The minimum Gasteiger partial charge on any atom is -0.469 e. The molecule has 0 aromatic carbocycles. The summed E-state index contributed by atoms with van der Waals surface area (Å²) in [5.41, 5.74) is 5.66. The third kappa shape index (κ3) is 8.62. The zero-order chi connectivity index (χ0) is 18.7. The molecule has 1 atom stereocenters. The van der Waals surface area contributed by atoms with Gasteiger partial charge in [0.05, 0.1) is 27.1 Å². The summed E-state index contributed by atoms with van der Waals surface area (Å²) in [5, 5.41) is 0. The molecule has 0 saturated carbocycles. The first kappa shape index (κ1) is 21.8. The van der Waals surface area contributed by atoms with E-state index in [-0.39, 0.29) is 11.9 Å². The summed E-state index contributed by atoms with van der Waals surface area (Å²) in [6.45, 7) is 9.85. The maximum absolute atomic E-state index is 11.4. The van der Waals surface area contributed by atoms with Crippen LogP contribution in [0.4, 0.5) is 0 Å². The van der Waals surface area contributed by atoms with Gasteiger partial charge in [0.1, 0.15) is 0 Å². The van der Waals surface area contributed by atoms with E-state index in [0.29, 0.717) is 38.5 Å². The summed E-state index contributed by atoms with van der Waals surface area (Å²) in [6, 6.07) is 0.496. The zero-order valence-corrected chi connectivity index (χ0v) is 15.9. The number of nitrogens with two attached hydrogens (primary N) is 1. The van der Waals surface area contributed by atoms with Crippen molar-refractivity contribution in [3.63, 3.8) is 0 Å². The molecule has 0 aromatic rings. The lowest BCUT2D eigenvalue weighted by Gasteiger charge is -2.40. The van der Waals surface area contributed by atoms with Crippen molar-refractivity contribution in [1.82, 2.24) is 14.7 Å². The van der Waals surface area contributed by atoms with E-state index in [1.165, 1.54) is 14.2 Å². The number of ether oxygens (including phenoxy) is 2. The van der Waals surface area contributed by atoms with E-state index in [4.69, 9.17) is 15.2 Å². The van der Waals surface area contributed by atoms with Gasteiger partial charge in [-0.15, -0.1) is 0 Å². The first-order valence-electron chi connectivity index (χ1n) is 9.02. The van der Waals surface area contributed by atoms with E-state index in [0.717, 1.165) is 39.3 Å². The number of hydrogen-bond donors (Lipinski definition) is 1. The smallest absolute Gasteiger partial charge is 0.306 e. The van der Waals surface area contributed by atoms with Gasteiger partial charge in [0.2, 0.25) is 0 Å². The highest BCUT2D eigenvalue weighted by Gasteiger charge is 2.23. The lowest BCUT2D eigenvalue weighted by molar-refractivity contribution is -0.141. The molecule has 0 amide bonds. The number of piperazine rings is 1. The third-order valence-electron chi connectivity index (χ3n) is 4.72. The Bertz CT molecular complexity index is 388. The Kier molecular flexibility index (Phi) is 10.6. The van der Waals surface area contributed by atoms with Gasteiger partial charge < -0.3 is 20.1 Å². The maximum Gasteiger partial charge on any atom is 0.306 e. The predicted molar refractivity (Wildman–Crippen MR) is 96.2 cm³/mol. The van der Waals surface area contributed by atoms with Crippen LogP contribution in [0, 0.1) is 0 Å². The second kappa shape index (κ2) is 12.2. The number of hydrogen-bond acceptors (Lipinski definition) is 8. The van der Waals surface area contributed by atoms with E-state index in [1.807, 2.05) is 0 Å². The van der Waals surface area contributed by atoms with Gasteiger partial charge in [-0.05, 0) is 6.92 Å². The largest absolute Gasteiger partial charge is 0.469 e. The molecular weight excluding hydrogens is 324 g/mol. The van der Waals surface area contributed by atoms with E-state index >= 15 is 0 Å². The molecule has 1 saturated heterocycles. The summed E-state index contributed by atoms with van der Waals surface area (Å²) in [4.78, 5) is 29.8. The molecule has 0 aromatic heterocycles. The molecule has 8 nitrogen and oxygen atoms in total. The standard InChI is InChI=1S/C17H34N4O4/c1-15-14-20(12-13-21(15)9-6-18)11-10-19(7-4-16(22)24-2)8-5-17(23)25-3/h15H,4-14,18H2,1-3H3/t15-/m0/s1. The fourth-order valence-corrected chi connectivity index (χ4v) is 3.09. The summed E-state index contributed by atoms with van der Waals surface area (Å²) >= 11 is 0. The van der Waals surface area contributed by atoms with E-state index in [2.05, 4.69) is 21.6 Å². The predicted octanol–water partition coefficient (Wildman–Crippen LogP) is -0.621. The Hall–Kier alpha value is -1.22. The molecule has 2 N–H and O–H groups in total. The molecule has 0 spiro atoms. The van der Waals surface area contributed by atoms with Gasteiger partial charge in [-0.3, -0.25) is 19.4 Å². The molecular formula is C17H34N4O4. The van der Waals surface area contributed by atoms with Gasteiger partial charge in [-0.2, -0.15) is 0 Å². The molecule has 146 valence electrons. The SMILES string of the molecule is COC(=O)CCN(CCC(=O)OC)CCN1CCN(CCN)[C@@H](C)C1. The highest BCUT2D eigenvalue weighted by molar-refractivity contribution is 5.70. The molecule has 0 radical (unpaired) electrons. The number of carbonyl (C=O) groups excluding carboxylic acids is 2. The molecule has 8 heteroatoms. The molecule has 1 fully saturated rings. The molecule has 1 aliphatic rings. The van der Waals surface area contributed by atoms with Crippen LogP contribution >= 0.6 is 0 Å². The molecule has 1 heterocycles. The third-order valence-corrected chi connectivity index (χ3v) is 4.72. The van der Waals surface area contributed by atoms with E-state index in [1.54, 1.807) is 0 Å². The van der Waals surface area contributed by atoms with E-state index < -0.39 is 0 Å². The normalized spacial score (nSPS) is 19.2. The number of rotatable bonds is 11. The highest BCUT2D eigenvalue weighted by atomic mass is 16.5. The molecule has 0 unspecified atom stereocenters. The Balaban J connectivity index is 2.42. The van der Waals surface area contributed by atoms with Gasteiger partial charge in [-0.25, -0.2) is 0 Å². The van der Waals surface area contributed by atoms with Gasteiger partial charge in [0.15, 0.2) is 0 Å². The van der Waals surface area contributed by atoms with Crippen molar-refractivity contribution in [2.24, 2.45) is 5.73 Å². The van der Waals surface area contributed by atoms with Crippen molar-refractivity contribution < 1.29 is 19.1 Å². The minimum absolute atomic E-state index is 0.230. The number of methoxy groups -OCH3 is 2. The van der Waals surface area contributed by atoms with Crippen LogP contribution < -0.4 is 5.73 Å². The van der Waals surface area contributed by atoms with Crippen LogP contribution in [-0.4, -0.2) is 106 Å². The van der Waals surface area contributed by atoms with Crippen LogP contribution in [0.25, 0.3) is 0 Å². The fourth-order valence-electron chi connectivity index (χ4n) is 3.09. The van der Waals surface area contributed by atoms with E-state index in [9.17, 15) is 9.59 Å². The van der Waals surface area contributed by atoms with Gasteiger partial charge >= 0.3 is 11.9 Å². The average molecular weight is 358 g/mol. The quantitative estimate of drug-likeness (QED) is 0.489. The monoisotopic (exact) mass is 358 g/mol. The Morgan fingerprint density at radius 2 is 1.64 bits per heavy atom. The number of nitrogens with zero attached hydrogens (tertiary/aromatic N) is 3. The lowest BCUT2D eigenvalue weighted by atomic mass is 10.2. The fraction of sp³-hybridized carbons (Fsp3) is 0.882. The summed E-state index contributed by atoms with van der Waals surface area (Å²) in [6.07, 6.45) is 0.663. The average Bonchev–Trinajstić information content (AvgIpc) is 2.62. The Labute approximate surface area is 151 Å². The summed E-state index contributed by atoms with van der Waals surface area (Å²) in [5.74, 6) is -0.459. The molecule has 0 bridgehead atoms. The van der Waals surface area contributed by atoms with Crippen molar-refractivity contribution in [3.05, 3.63) is 0 Å². The first-order chi connectivity index (χ1) is 12.0. The topological polar surface area (TPSA) is 88.3 Å². The van der Waals surface area contributed by atoms with Crippen LogP contribution in [0.3, 0.4) is 0 Å². The Morgan fingerprint density at radius 3 is 2.12 bits per heavy atom. The van der Waals surface area contributed by atoms with Crippen molar-refractivity contribution in [3.8, 4) is 0 Å². The van der Waals surface area contributed by atoms with Crippen molar-refractivity contribution in [2.45, 2.75) is 25.8 Å². The number of esters is 2. The van der Waals surface area contributed by atoms with Crippen LogP contribution in [0.15, 0.2) is 0 Å². The highest BCUT2D eigenvalue weighted by Crippen LogP contribution is 2.09. The first-order valence-corrected chi connectivity index (χ1v) is 9.02. The van der Waals surface area contributed by atoms with Crippen LogP contribution in [-0.2, 0) is 19.1 Å². The van der Waals surface area contributed by atoms with Crippen LogP contribution in [0.5, 0.6) is 0 Å². The molecule has 25 heavy (non-hydrogen) atoms. The second-order valence-corrected chi connectivity index (χ2v) is 6.47. The molecule has 0 aliphatic carbocycles. The zero-order valence-electron chi connectivity index (χ0n) is 15.9. The summed E-state index contributed by atoms with van der Waals surface area (Å²) < 4.78 is 9.41. The molecule has 1 aliphatic heterocycles. The van der Waals surface area contributed by atoms with Gasteiger partial charge in [-0.1, -0.05) is 0 Å². The van der Waals surface area contributed by atoms with Crippen molar-refractivity contribution in [2.75, 3.05) is 73.1 Å². The second-order valence-electron chi connectivity index (χ2n) is 6.47. The molecule has 1 rings (SSSR count).